The van der Waals surface area contributed by atoms with Crippen LogP contribution < -0.4 is 5.32 Å². The predicted molar refractivity (Wildman–Crippen MR) is 323 cm³/mol. The van der Waals surface area contributed by atoms with Gasteiger partial charge >= 0.3 is 0 Å². The Balaban J connectivity index is 1.74. The number of aliphatic hydroxyl groups is 8. The van der Waals surface area contributed by atoms with Gasteiger partial charge in [-0.15, -0.1) is 0 Å². The lowest BCUT2D eigenvalue weighted by Crippen LogP contribution is -2.65. The lowest BCUT2D eigenvalue weighted by atomic mass is 9.97. The summed E-state index contributed by atoms with van der Waals surface area (Å²) in [5, 5.41) is 87.2. The molecule has 0 aliphatic carbocycles. The van der Waals surface area contributed by atoms with E-state index in [0.29, 0.717) is 12.8 Å². The number of rotatable bonds is 50. The number of carbonyl (C=O) groups is 1. The molecule has 9 N–H and O–H groups in total. The van der Waals surface area contributed by atoms with Gasteiger partial charge in [-0.3, -0.25) is 4.79 Å². The zero-order chi connectivity index (χ0) is 58.1. The summed E-state index contributed by atoms with van der Waals surface area (Å²) in [7, 11) is 0. The fourth-order valence-corrected chi connectivity index (χ4v) is 9.98. The number of hydrogen-bond donors (Lipinski definition) is 9. The smallest absolute Gasteiger partial charge is 0.220 e. The summed E-state index contributed by atoms with van der Waals surface area (Å²) < 4.78 is 22.8. The van der Waals surface area contributed by atoms with Crippen molar-refractivity contribution < 1.29 is 64.6 Å². The number of aliphatic hydroxyl groups excluding tert-OH is 8. The maximum Gasteiger partial charge on any atom is 0.220 e. The summed E-state index contributed by atoms with van der Waals surface area (Å²) in [5.74, 6) is -0.255. The molecule has 0 saturated carbocycles. The Bertz CT molecular complexity index is 1660. The standard InChI is InChI=1S/C66H115NO13/c1-3-5-7-9-11-13-15-17-19-21-23-24-25-26-27-28-29-30-32-34-36-38-40-42-44-46-48-50-58(71)67-54(55(70)49-47-45-43-41-39-37-35-33-31-22-20-18-16-14-12-10-8-6-4-2)53-77-65-63(76)61(74)64(57(52-69)79-65)80-66-62(75)60(73)59(72)56(51-68)78-66/h5,7,11,13,17,19,23-24,26-27,39,41,47,49,54-57,59-66,68-70,72-76H,3-4,6,8-10,12,14-16,18,20-22,25,28-38,40,42-46,48,50-53H2,1-2H3,(H,67,71)/b7-5-,13-11-,19-17-,24-23-,27-26-,41-39+,49-47+. The SMILES string of the molecule is CC/C=C\C/C=C\C/C=C\C/C=C\C/C=C\CCCCCCCCCCCCCC(=O)NC(COC1OC(CO)C(OC2OC(CO)C(O)C(O)C2O)C(O)C1O)C(O)/C=C/CC/C=C/CCCCCCCCCCCCCCC. The van der Waals surface area contributed by atoms with E-state index in [9.17, 15) is 45.6 Å². The quantitative estimate of drug-likeness (QED) is 0.0204. The summed E-state index contributed by atoms with van der Waals surface area (Å²) in [4.78, 5) is 13.3. The van der Waals surface area contributed by atoms with E-state index in [2.05, 4.69) is 92.1 Å². The highest BCUT2D eigenvalue weighted by Crippen LogP contribution is 2.30. The maximum atomic E-state index is 13.3. The van der Waals surface area contributed by atoms with E-state index in [4.69, 9.17) is 18.9 Å². The molecule has 0 radical (unpaired) electrons. The van der Waals surface area contributed by atoms with Crippen molar-refractivity contribution in [2.45, 2.75) is 306 Å². The molecule has 0 aromatic carbocycles. The van der Waals surface area contributed by atoms with Gasteiger partial charge in [0.1, 0.15) is 48.8 Å². The Morgan fingerprint density at radius 3 is 1.38 bits per heavy atom. The second-order valence-corrected chi connectivity index (χ2v) is 22.1. The average Bonchev–Trinajstić information content (AvgIpc) is 3.49. The Morgan fingerprint density at radius 2 is 0.875 bits per heavy atom. The van der Waals surface area contributed by atoms with Crippen molar-refractivity contribution in [3.05, 3.63) is 85.1 Å². The number of hydrogen-bond acceptors (Lipinski definition) is 13. The number of amides is 1. The highest BCUT2D eigenvalue weighted by molar-refractivity contribution is 5.76. The molecule has 2 rings (SSSR count). The maximum absolute atomic E-state index is 13.3. The molecular formula is C66H115NO13. The minimum Gasteiger partial charge on any atom is -0.394 e. The topological polar surface area (TPSA) is 228 Å². The van der Waals surface area contributed by atoms with Gasteiger partial charge in [-0.25, -0.2) is 0 Å². The van der Waals surface area contributed by atoms with Gasteiger partial charge in [0.15, 0.2) is 12.6 Å². The Kier molecular flexibility index (Phi) is 46.4. The van der Waals surface area contributed by atoms with E-state index in [0.717, 1.165) is 70.6 Å². The fraction of sp³-hybridized carbons (Fsp3) is 0.773. The van der Waals surface area contributed by atoms with Crippen LogP contribution >= 0.6 is 0 Å². The fourth-order valence-electron chi connectivity index (χ4n) is 9.98. The van der Waals surface area contributed by atoms with Crippen molar-refractivity contribution in [3.63, 3.8) is 0 Å². The summed E-state index contributed by atoms with van der Waals surface area (Å²) in [6.07, 6.45) is 51.9. The van der Waals surface area contributed by atoms with Gasteiger partial charge in [-0.05, 0) is 77.0 Å². The second kappa shape index (κ2) is 50.7. The molecule has 12 unspecified atom stereocenters. The molecule has 80 heavy (non-hydrogen) atoms. The van der Waals surface area contributed by atoms with Crippen molar-refractivity contribution in [1.29, 1.82) is 0 Å². The Labute approximate surface area is 484 Å². The van der Waals surface area contributed by atoms with Crippen molar-refractivity contribution in [2.75, 3.05) is 19.8 Å². The van der Waals surface area contributed by atoms with Gasteiger partial charge in [0.2, 0.25) is 5.91 Å². The van der Waals surface area contributed by atoms with Crippen molar-refractivity contribution in [3.8, 4) is 0 Å². The molecule has 14 nitrogen and oxygen atoms in total. The van der Waals surface area contributed by atoms with Gasteiger partial charge in [0.25, 0.3) is 0 Å². The van der Waals surface area contributed by atoms with Crippen LogP contribution in [0.3, 0.4) is 0 Å². The molecule has 0 bridgehead atoms. The molecule has 12 atom stereocenters. The van der Waals surface area contributed by atoms with Crippen LogP contribution in [-0.4, -0.2) is 140 Å². The molecule has 2 heterocycles. The highest BCUT2D eigenvalue weighted by atomic mass is 16.7. The van der Waals surface area contributed by atoms with Crippen LogP contribution in [0.1, 0.15) is 232 Å². The molecule has 2 saturated heterocycles. The molecule has 2 aliphatic rings. The van der Waals surface area contributed by atoms with E-state index < -0.39 is 86.8 Å². The van der Waals surface area contributed by atoms with Crippen molar-refractivity contribution in [2.24, 2.45) is 0 Å². The summed E-state index contributed by atoms with van der Waals surface area (Å²) in [5.41, 5.74) is 0. The minimum absolute atomic E-state index is 0.255. The zero-order valence-corrected chi connectivity index (χ0v) is 49.8. The monoisotopic (exact) mass is 1130 g/mol. The lowest BCUT2D eigenvalue weighted by Gasteiger charge is -2.46. The summed E-state index contributed by atoms with van der Waals surface area (Å²) >= 11 is 0. The van der Waals surface area contributed by atoms with Crippen LogP contribution in [0.5, 0.6) is 0 Å². The molecule has 0 aromatic rings. The molecule has 2 fully saturated rings. The highest BCUT2D eigenvalue weighted by Gasteiger charge is 2.51. The van der Waals surface area contributed by atoms with Crippen LogP contribution in [0.15, 0.2) is 85.1 Å². The number of unbranched alkanes of at least 4 members (excludes halogenated alkanes) is 25. The first-order valence-corrected chi connectivity index (χ1v) is 31.8. The molecular weight excluding hydrogens is 1010 g/mol. The number of ether oxygens (including phenoxy) is 4. The molecule has 0 spiro atoms. The van der Waals surface area contributed by atoms with E-state index in [1.54, 1.807) is 6.08 Å². The second-order valence-electron chi connectivity index (χ2n) is 22.1. The minimum atomic E-state index is -1.79. The summed E-state index contributed by atoms with van der Waals surface area (Å²) in [6, 6.07) is -0.938. The zero-order valence-electron chi connectivity index (χ0n) is 49.8. The van der Waals surface area contributed by atoms with Gasteiger partial charge in [0.05, 0.1) is 32.0 Å². The third-order valence-corrected chi connectivity index (χ3v) is 15.1. The molecule has 462 valence electrons. The van der Waals surface area contributed by atoms with E-state index in [1.807, 2.05) is 6.08 Å². The predicted octanol–water partition coefficient (Wildman–Crippen LogP) is 11.7. The van der Waals surface area contributed by atoms with Gasteiger partial charge in [-0.1, -0.05) is 234 Å². The first-order chi connectivity index (χ1) is 39.1. The third-order valence-electron chi connectivity index (χ3n) is 15.1. The first-order valence-electron chi connectivity index (χ1n) is 31.8. The van der Waals surface area contributed by atoms with E-state index in [-0.39, 0.29) is 18.9 Å². The van der Waals surface area contributed by atoms with Gasteiger partial charge in [-0.2, -0.15) is 0 Å². The largest absolute Gasteiger partial charge is 0.394 e. The Hall–Kier alpha value is -2.83. The summed E-state index contributed by atoms with van der Waals surface area (Å²) in [6.45, 7) is 2.67. The molecule has 2 aliphatic heterocycles. The average molecular weight is 1130 g/mol. The van der Waals surface area contributed by atoms with Crippen LogP contribution in [0, 0.1) is 0 Å². The lowest BCUT2D eigenvalue weighted by molar-refractivity contribution is -0.359. The van der Waals surface area contributed by atoms with Crippen molar-refractivity contribution in [1.82, 2.24) is 5.32 Å². The van der Waals surface area contributed by atoms with E-state index in [1.165, 1.54) is 128 Å². The number of carbonyl (C=O) groups excluding carboxylic acids is 1. The third kappa shape index (κ3) is 35.3. The molecule has 1 amide bonds. The van der Waals surface area contributed by atoms with Gasteiger partial charge < -0.3 is 65.1 Å². The number of allylic oxidation sites excluding steroid dienone is 13. The number of nitrogens with one attached hydrogen (secondary N) is 1. The van der Waals surface area contributed by atoms with Crippen LogP contribution in [0.2, 0.25) is 0 Å². The van der Waals surface area contributed by atoms with Crippen LogP contribution in [-0.2, 0) is 23.7 Å². The molecule has 0 aromatic heterocycles. The van der Waals surface area contributed by atoms with Crippen molar-refractivity contribution >= 4 is 5.91 Å². The Morgan fingerprint density at radius 1 is 0.463 bits per heavy atom. The normalized spacial score (nSPS) is 24.8. The molecule has 14 heteroatoms. The first kappa shape index (κ1) is 73.3. The van der Waals surface area contributed by atoms with Crippen LogP contribution in [0.25, 0.3) is 0 Å². The van der Waals surface area contributed by atoms with Gasteiger partial charge in [0, 0.05) is 6.42 Å². The van der Waals surface area contributed by atoms with E-state index >= 15 is 0 Å². The van der Waals surface area contributed by atoms with Crippen LogP contribution in [0.4, 0.5) is 0 Å².